The predicted octanol–water partition coefficient (Wildman–Crippen LogP) is 3.75. The van der Waals surface area contributed by atoms with Gasteiger partial charge in [0.15, 0.2) is 11.5 Å². The number of amides is 1. The van der Waals surface area contributed by atoms with E-state index in [1.165, 1.54) is 11.3 Å². The Hall–Kier alpha value is -2.80. The van der Waals surface area contributed by atoms with E-state index in [4.69, 9.17) is 9.47 Å². The van der Waals surface area contributed by atoms with Crippen LogP contribution in [-0.4, -0.2) is 34.0 Å². The van der Waals surface area contributed by atoms with Gasteiger partial charge in [0.2, 0.25) is 0 Å². The fraction of sp³-hybridized carbons (Fsp3) is 0.300. The SMILES string of the molecule is COc1cc(C(=O)N2CCn3cccc3[C@H]2C)ccc1OCc1cscn1. The summed E-state index contributed by atoms with van der Waals surface area (Å²) in [6.45, 7) is 3.93. The Bertz CT molecular complexity index is 936. The average Bonchev–Trinajstić information content (AvgIpc) is 3.38. The van der Waals surface area contributed by atoms with Crippen LogP contribution in [0.1, 0.15) is 34.7 Å². The summed E-state index contributed by atoms with van der Waals surface area (Å²) in [7, 11) is 1.58. The predicted molar refractivity (Wildman–Crippen MR) is 103 cm³/mol. The molecule has 0 radical (unpaired) electrons. The van der Waals surface area contributed by atoms with Gasteiger partial charge in [-0.15, -0.1) is 11.3 Å². The van der Waals surface area contributed by atoms with Crippen molar-refractivity contribution in [2.24, 2.45) is 0 Å². The third kappa shape index (κ3) is 3.42. The van der Waals surface area contributed by atoms with Gasteiger partial charge in [0, 0.05) is 35.9 Å². The summed E-state index contributed by atoms with van der Waals surface area (Å²) in [6.07, 6.45) is 2.06. The van der Waals surface area contributed by atoms with E-state index in [9.17, 15) is 4.79 Å². The lowest BCUT2D eigenvalue weighted by molar-refractivity contribution is 0.0643. The fourth-order valence-corrected chi connectivity index (χ4v) is 3.95. The lowest BCUT2D eigenvalue weighted by Gasteiger charge is -2.35. The first-order valence-corrected chi connectivity index (χ1v) is 9.75. The highest BCUT2D eigenvalue weighted by molar-refractivity contribution is 7.07. The molecule has 0 spiro atoms. The van der Waals surface area contributed by atoms with Crippen LogP contribution in [0.2, 0.25) is 0 Å². The summed E-state index contributed by atoms with van der Waals surface area (Å²) in [4.78, 5) is 19.2. The van der Waals surface area contributed by atoms with E-state index in [2.05, 4.69) is 28.7 Å². The van der Waals surface area contributed by atoms with Gasteiger partial charge in [-0.05, 0) is 37.3 Å². The number of aromatic nitrogens is 2. The number of carbonyl (C=O) groups excluding carboxylic acids is 1. The van der Waals surface area contributed by atoms with Crippen LogP contribution in [0.25, 0.3) is 0 Å². The van der Waals surface area contributed by atoms with Crippen LogP contribution in [0, 0.1) is 0 Å². The zero-order chi connectivity index (χ0) is 18.8. The van der Waals surface area contributed by atoms with Crippen molar-refractivity contribution in [3.8, 4) is 11.5 Å². The molecule has 0 fully saturated rings. The lowest BCUT2D eigenvalue weighted by atomic mass is 10.1. The molecule has 3 heterocycles. The molecule has 0 unspecified atom stereocenters. The second-order valence-electron chi connectivity index (χ2n) is 6.44. The third-order valence-corrected chi connectivity index (χ3v) is 5.51. The number of hydrogen-bond acceptors (Lipinski definition) is 5. The number of thiazole rings is 1. The van der Waals surface area contributed by atoms with Gasteiger partial charge in [0.05, 0.1) is 24.4 Å². The number of rotatable bonds is 5. The molecule has 6 nitrogen and oxygen atoms in total. The summed E-state index contributed by atoms with van der Waals surface area (Å²) in [5.41, 5.74) is 4.39. The molecule has 140 valence electrons. The second-order valence-corrected chi connectivity index (χ2v) is 7.15. The van der Waals surface area contributed by atoms with E-state index in [0.717, 1.165) is 17.9 Å². The maximum absolute atomic E-state index is 13.1. The van der Waals surface area contributed by atoms with Gasteiger partial charge in [-0.3, -0.25) is 4.79 Å². The number of benzene rings is 1. The molecule has 0 bridgehead atoms. The zero-order valence-electron chi connectivity index (χ0n) is 15.3. The van der Waals surface area contributed by atoms with Crippen molar-refractivity contribution in [3.63, 3.8) is 0 Å². The first-order chi connectivity index (χ1) is 13.2. The van der Waals surface area contributed by atoms with Crippen LogP contribution in [-0.2, 0) is 13.2 Å². The standard InChI is InChI=1S/C20H21N3O3S/c1-14-17-4-3-7-22(17)8-9-23(14)20(24)15-5-6-18(19(10-15)25-2)26-11-16-12-27-13-21-16/h3-7,10,12-14H,8-9,11H2,1-2H3/t14-/m1/s1. The van der Waals surface area contributed by atoms with Crippen molar-refractivity contribution in [3.05, 3.63) is 64.4 Å². The quantitative estimate of drug-likeness (QED) is 0.673. The highest BCUT2D eigenvalue weighted by atomic mass is 32.1. The molecule has 1 amide bonds. The maximum atomic E-state index is 13.1. The molecule has 0 aliphatic carbocycles. The topological polar surface area (TPSA) is 56.6 Å². The van der Waals surface area contributed by atoms with Gasteiger partial charge < -0.3 is 18.9 Å². The minimum Gasteiger partial charge on any atom is -0.493 e. The summed E-state index contributed by atoms with van der Waals surface area (Å²) >= 11 is 1.53. The van der Waals surface area contributed by atoms with Crippen molar-refractivity contribution in [1.29, 1.82) is 0 Å². The van der Waals surface area contributed by atoms with Gasteiger partial charge in [-0.25, -0.2) is 4.98 Å². The number of methoxy groups -OCH3 is 1. The molecule has 0 N–H and O–H groups in total. The molecule has 1 atom stereocenters. The van der Waals surface area contributed by atoms with Crippen LogP contribution >= 0.6 is 11.3 Å². The average molecular weight is 383 g/mol. The Balaban J connectivity index is 1.52. The van der Waals surface area contributed by atoms with Gasteiger partial charge in [0.1, 0.15) is 6.61 Å². The van der Waals surface area contributed by atoms with Gasteiger partial charge in [0.25, 0.3) is 5.91 Å². The number of fused-ring (bicyclic) bond motifs is 1. The molecule has 27 heavy (non-hydrogen) atoms. The first kappa shape index (κ1) is 17.6. The van der Waals surface area contributed by atoms with Crippen molar-refractivity contribution in [1.82, 2.24) is 14.5 Å². The van der Waals surface area contributed by atoms with E-state index in [1.807, 2.05) is 16.3 Å². The highest BCUT2D eigenvalue weighted by Crippen LogP contribution is 2.32. The molecule has 3 aromatic rings. The van der Waals surface area contributed by atoms with E-state index < -0.39 is 0 Å². The highest BCUT2D eigenvalue weighted by Gasteiger charge is 2.28. The van der Waals surface area contributed by atoms with Crippen LogP contribution < -0.4 is 9.47 Å². The number of hydrogen-bond donors (Lipinski definition) is 0. The number of carbonyl (C=O) groups is 1. The molecular formula is C20H21N3O3S. The van der Waals surface area contributed by atoms with Gasteiger partial charge >= 0.3 is 0 Å². The Kier molecular flexibility index (Phi) is 4.85. The van der Waals surface area contributed by atoms with E-state index >= 15 is 0 Å². The van der Waals surface area contributed by atoms with Crippen LogP contribution in [0.3, 0.4) is 0 Å². The number of ether oxygens (including phenoxy) is 2. The molecule has 0 saturated heterocycles. The van der Waals surface area contributed by atoms with Crippen molar-refractivity contribution in [2.75, 3.05) is 13.7 Å². The van der Waals surface area contributed by atoms with E-state index in [0.29, 0.717) is 30.2 Å². The monoisotopic (exact) mass is 383 g/mol. The minimum absolute atomic E-state index is 0.000647. The summed E-state index contributed by atoms with van der Waals surface area (Å²) in [5.74, 6) is 1.14. The van der Waals surface area contributed by atoms with Crippen LogP contribution in [0.15, 0.2) is 47.4 Å². The second kappa shape index (κ2) is 7.44. The third-order valence-electron chi connectivity index (χ3n) is 4.87. The molecule has 1 aromatic carbocycles. The zero-order valence-corrected chi connectivity index (χ0v) is 16.1. The molecule has 7 heteroatoms. The summed E-state index contributed by atoms with van der Waals surface area (Å²) in [6, 6.07) is 9.46. The Morgan fingerprint density at radius 1 is 1.30 bits per heavy atom. The molecule has 1 aliphatic heterocycles. The smallest absolute Gasteiger partial charge is 0.254 e. The Labute approximate surface area is 162 Å². The lowest BCUT2D eigenvalue weighted by Crippen LogP contribution is -2.40. The van der Waals surface area contributed by atoms with E-state index in [1.54, 1.807) is 30.8 Å². The van der Waals surface area contributed by atoms with Gasteiger partial charge in [-0.2, -0.15) is 0 Å². The van der Waals surface area contributed by atoms with Crippen LogP contribution in [0.5, 0.6) is 11.5 Å². The van der Waals surface area contributed by atoms with Crippen molar-refractivity contribution in [2.45, 2.75) is 26.1 Å². The Morgan fingerprint density at radius 2 is 2.19 bits per heavy atom. The molecule has 0 saturated carbocycles. The van der Waals surface area contributed by atoms with Gasteiger partial charge in [-0.1, -0.05) is 0 Å². The first-order valence-electron chi connectivity index (χ1n) is 8.81. The van der Waals surface area contributed by atoms with Crippen LogP contribution in [0.4, 0.5) is 0 Å². The maximum Gasteiger partial charge on any atom is 0.254 e. The molecular weight excluding hydrogens is 362 g/mol. The molecule has 2 aromatic heterocycles. The molecule has 4 rings (SSSR count). The largest absolute Gasteiger partial charge is 0.493 e. The fourth-order valence-electron chi connectivity index (χ4n) is 3.40. The Morgan fingerprint density at radius 3 is 2.96 bits per heavy atom. The van der Waals surface area contributed by atoms with E-state index in [-0.39, 0.29) is 11.9 Å². The van der Waals surface area contributed by atoms with Crippen molar-refractivity contribution < 1.29 is 14.3 Å². The number of nitrogens with zero attached hydrogens (tertiary/aromatic N) is 3. The normalized spacial score (nSPS) is 16.1. The summed E-state index contributed by atoms with van der Waals surface area (Å²) in [5, 5.41) is 1.94. The summed E-state index contributed by atoms with van der Waals surface area (Å²) < 4.78 is 13.4. The molecule has 1 aliphatic rings. The minimum atomic E-state index is -0.000647. The van der Waals surface area contributed by atoms with Crippen molar-refractivity contribution >= 4 is 17.2 Å².